The molecule has 7 heteroatoms. The minimum atomic E-state index is -0.428. The van der Waals surface area contributed by atoms with Crippen LogP contribution in [0.3, 0.4) is 0 Å². The Morgan fingerprint density at radius 2 is 1.95 bits per heavy atom. The number of nitrogens with zero attached hydrogens (tertiary/aromatic N) is 3. The largest absolute Gasteiger partial charge is 0.395 e. The molecule has 7 nitrogen and oxygen atoms in total. The first-order valence-corrected chi connectivity index (χ1v) is 6.80. The van der Waals surface area contributed by atoms with E-state index in [1.165, 1.54) is 11.6 Å². The van der Waals surface area contributed by atoms with Gasteiger partial charge in [0.2, 0.25) is 0 Å². The zero-order valence-electron chi connectivity index (χ0n) is 12.6. The summed E-state index contributed by atoms with van der Waals surface area (Å²) in [6.45, 7) is 7.01. The highest BCUT2D eigenvalue weighted by atomic mass is 16.3. The molecule has 0 atom stereocenters. The predicted molar refractivity (Wildman–Crippen MR) is 80.2 cm³/mol. The number of aromatic nitrogens is 2. The molecule has 114 valence electrons. The highest BCUT2D eigenvalue weighted by Crippen LogP contribution is 2.17. The van der Waals surface area contributed by atoms with Gasteiger partial charge in [-0.1, -0.05) is 13.8 Å². The lowest BCUT2D eigenvalue weighted by Gasteiger charge is -2.25. The number of aliphatic hydroxyl groups is 1. The van der Waals surface area contributed by atoms with Crippen molar-refractivity contribution in [2.24, 2.45) is 13.0 Å². The molecule has 1 rings (SSSR count). The van der Waals surface area contributed by atoms with E-state index in [4.69, 9.17) is 10.8 Å². The van der Waals surface area contributed by atoms with E-state index < -0.39 is 11.2 Å². The Morgan fingerprint density at radius 3 is 2.40 bits per heavy atom. The van der Waals surface area contributed by atoms with Crippen LogP contribution in [0.4, 0.5) is 11.5 Å². The zero-order chi connectivity index (χ0) is 15.4. The molecule has 0 amide bonds. The second-order valence-corrected chi connectivity index (χ2v) is 5.19. The van der Waals surface area contributed by atoms with Crippen molar-refractivity contribution in [1.82, 2.24) is 9.13 Å². The third kappa shape index (κ3) is 3.04. The van der Waals surface area contributed by atoms with Gasteiger partial charge in [0.15, 0.2) is 0 Å². The molecule has 0 aromatic carbocycles. The van der Waals surface area contributed by atoms with E-state index in [1.807, 2.05) is 20.8 Å². The topological polar surface area (TPSA) is 93.5 Å². The van der Waals surface area contributed by atoms with Crippen molar-refractivity contribution < 1.29 is 5.11 Å². The molecule has 0 spiro atoms. The quantitative estimate of drug-likeness (QED) is 0.741. The molecule has 0 saturated carbocycles. The number of aliphatic hydroxyl groups excluding tert-OH is 1. The van der Waals surface area contributed by atoms with E-state index in [9.17, 15) is 9.59 Å². The van der Waals surface area contributed by atoms with Gasteiger partial charge in [-0.3, -0.25) is 13.9 Å². The summed E-state index contributed by atoms with van der Waals surface area (Å²) in [7, 11) is 1.44. The Morgan fingerprint density at radius 1 is 1.35 bits per heavy atom. The normalized spacial score (nSPS) is 11.1. The van der Waals surface area contributed by atoms with Crippen molar-refractivity contribution in [1.29, 1.82) is 0 Å². The van der Waals surface area contributed by atoms with Crippen molar-refractivity contribution in [2.45, 2.75) is 27.3 Å². The number of nitrogens with two attached hydrogens (primary N) is 1. The molecule has 20 heavy (non-hydrogen) atoms. The number of nitrogen functional groups attached to an aromatic ring is 1. The first-order chi connectivity index (χ1) is 9.34. The smallest absolute Gasteiger partial charge is 0.332 e. The van der Waals surface area contributed by atoms with Gasteiger partial charge in [-0.15, -0.1) is 0 Å². The first-order valence-electron chi connectivity index (χ1n) is 6.80. The van der Waals surface area contributed by atoms with Gasteiger partial charge >= 0.3 is 5.69 Å². The number of hydrogen-bond donors (Lipinski definition) is 2. The summed E-state index contributed by atoms with van der Waals surface area (Å²) in [6, 6.07) is 0. The molecule has 0 aliphatic carbocycles. The summed E-state index contributed by atoms with van der Waals surface area (Å²) < 4.78 is 2.48. The van der Waals surface area contributed by atoms with E-state index in [2.05, 4.69) is 0 Å². The van der Waals surface area contributed by atoms with Gasteiger partial charge in [0.1, 0.15) is 11.5 Å². The van der Waals surface area contributed by atoms with Gasteiger partial charge in [-0.2, -0.15) is 0 Å². The third-order valence-corrected chi connectivity index (χ3v) is 3.17. The second-order valence-electron chi connectivity index (χ2n) is 5.19. The van der Waals surface area contributed by atoms with Crippen molar-refractivity contribution in [3.05, 3.63) is 20.8 Å². The Kier molecular flexibility index (Phi) is 5.38. The summed E-state index contributed by atoms with van der Waals surface area (Å²) >= 11 is 0. The van der Waals surface area contributed by atoms with Gasteiger partial charge in [-0.05, 0) is 12.8 Å². The number of hydrogen-bond acceptors (Lipinski definition) is 5. The summed E-state index contributed by atoms with van der Waals surface area (Å²) in [5.74, 6) is 0.398. The van der Waals surface area contributed by atoms with Gasteiger partial charge in [0.25, 0.3) is 5.56 Å². The molecule has 1 aromatic rings. The standard InChI is InChI=1S/C13H24N4O3/c1-5-16(6-7-18)10-11(14)17(8-9(2)3)13(20)15(4)12(10)19/h9,18H,5-8,14H2,1-4H3. The van der Waals surface area contributed by atoms with Crippen molar-refractivity contribution in [2.75, 3.05) is 30.3 Å². The Hall–Kier alpha value is -1.76. The third-order valence-electron chi connectivity index (χ3n) is 3.17. The van der Waals surface area contributed by atoms with Crippen LogP contribution < -0.4 is 21.9 Å². The molecule has 0 aliphatic heterocycles. The van der Waals surface area contributed by atoms with Gasteiger partial charge in [0.05, 0.1) is 6.61 Å². The molecule has 0 aliphatic rings. The molecule has 1 heterocycles. The summed E-state index contributed by atoms with van der Waals surface area (Å²) in [5.41, 5.74) is 5.48. The van der Waals surface area contributed by atoms with Crippen LogP contribution in [0.1, 0.15) is 20.8 Å². The average Bonchev–Trinajstić information content (AvgIpc) is 2.40. The lowest BCUT2D eigenvalue weighted by Crippen LogP contribution is -2.44. The monoisotopic (exact) mass is 284 g/mol. The molecule has 0 saturated heterocycles. The molecular weight excluding hydrogens is 260 g/mol. The van der Waals surface area contributed by atoms with Crippen LogP contribution in [0.25, 0.3) is 0 Å². The molecule has 0 radical (unpaired) electrons. The fraction of sp³-hybridized carbons (Fsp3) is 0.692. The van der Waals surface area contributed by atoms with Crippen LogP contribution in [0.2, 0.25) is 0 Å². The lowest BCUT2D eigenvalue weighted by molar-refractivity contribution is 0.302. The maximum Gasteiger partial charge on any atom is 0.332 e. The molecule has 3 N–H and O–H groups in total. The number of rotatable bonds is 6. The van der Waals surface area contributed by atoms with Crippen molar-refractivity contribution in [3.8, 4) is 0 Å². The highest BCUT2D eigenvalue weighted by Gasteiger charge is 2.20. The first kappa shape index (κ1) is 16.3. The molecule has 0 unspecified atom stereocenters. The minimum Gasteiger partial charge on any atom is -0.395 e. The van der Waals surface area contributed by atoms with Gasteiger partial charge < -0.3 is 15.7 Å². The lowest BCUT2D eigenvalue weighted by atomic mass is 10.2. The van der Waals surface area contributed by atoms with Crippen LogP contribution in [-0.2, 0) is 13.6 Å². The average molecular weight is 284 g/mol. The maximum absolute atomic E-state index is 12.3. The predicted octanol–water partition coefficient (Wildman–Crippen LogP) is -0.396. The van der Waals surface area contributed by atoms with E-state index >= 15 is 0 Å². The van der Waals surface area contributed by atoms with E-state index in [-0.39, 0.29) is 24.0 Å². The SMILES string of the molecule is CCN(CCO)c1c(N)n(CC(C)C)c(=O)n(C)c1=O. The summed E-state index contributed by atoms with van der Waals surface area (Å²) in [4.78, 5) is 26.1. The molecular formula is C13H24N4O3. The number of anilines is 2. The highest BCUT2D eigenvalue weighted by molar-refractivity contribution is 5.62. The van der Waals surface area contributed by atoms with Crippen LogP contribution >= 0.6 is 0 Å². The fourth-order valence-electron chi connectivity index (χ4n) is 2.15. The van der Waals surface area contributed by atoms with Gasteiger partial charge in [0, 0.05) is 26.7 Å². The molecule has 0 fully saturated rings. The molecule has 0 bridgehead atoms. The molecule has 1 aromatic heterocycles. The Bertz CT molecular complexity index is 574. The minimum absolute atomic E-state index is 0.0836. The van der Waals surface area contributed by atoms with E-state index in [1.54, 1.807) is 4.90 Å². The van der Waals surface area contributed by atoms with Gasteiger partial charge in [-0.25, -0.2) is 4.79 Å². The fourth-order valence-corrected chi connectivity index (χ4v) is 2.15. The summed E-state index contributed by atoms with van der Waals surface area (Å²) in [6.07, 6.45) is 0. The van der Waals surface area contributed by atoms with Crippen LogP contribution in [0.15, 0.2) is 9.59 Å². The van der Waals surface area contributed by atoms with Crippen LogP contribution in [0.5, 0.6) is 0 Å². The Balaban J connectivity index is 3.55. The van der Waals surface area contributed by atoms with Crippen LogP contribution in [0, 0.1) is 5.92 Å². The maximum atomic E-state index is 12.3. The Labute approximate surface area is 118 Å². The second kappa shape index (κ2) is 6.60. The van der Waals surface area contributed by atoms with E-state index in [0.717, 1.165) is 4.57 Å². The van der Waals surface area contributed by atoms with E-state index in [0.29, 0.717) is 19.6 Å². The van der Waals surface area contributed by atoms with Crippen LogP contribution in [-0.4, -0.2) is 33.9 Å². The summed E-state index contributed by atoms with van der Waals surface area (Å²) in [5, 5.41) is 9.09. The van der Waals surface area contributed by atoms with Crippen molar-refractivity contribution in [3.63, 3.8) is 0 Å². The van der Waals surface area contributed by atoms with Crippen molar-refractivity contribution >= 4 is 11.5 Å². The zero-order valence-corrected chi connectivity index (χ0v) is 12.6. The number of likely N-dealkylation sites (N-methyl/N-ethyl adjacent to an activating group) is 1.